The second-order valence-corrected chi connectivity index (χ2v) is 5.42. The molecule has 1 fully saturated rings. The molecule has 0 radical (unpaired) electrons. The fourth-order valence-electron chi connectivity index (χ4n) is 2.28. The van der Waals surface area contributed by atoms with E-state index in [-0.39, 0.29) is 16.9 Å². The van der Waals surface area contributed by atoms with Crippen LogP contribution in [0.1, 0.15) is 42.1 Å². The number of amides is 1. The molecule has 1 saturated carbocycles. The second-order valence-electron chi connectivity index (χ2n) is 5.42. The molecule has 0 bridgehead atoms. The molecule has 1 amide bonds. The van der Waals surface area contributed by atoms with Crippen molar-refractivity contribution < 1.29 is 14.7 Å². The number of benzene rings is 1. The lowest BCUT2D eigenvalue weighted by Gasteiger charge is -2.36. The summed E-state index contributed by atoms with van der Waals surface area (Å²) in [6, 6.07) is 6.76. The Morgan fingerprint density at radius 2 is 1.89 bits per heavy atom. The third-order valence-electron chi connectivity index (χ3n) is 3.91. The Bertz CT molecular complexity index is 475. The second kappa shape index (κ2) is 5.43. The van der Waals surface area contributed by atoms with Crippen molar-refractivity contribution in [2.24, 2.45) is 5.41 Å². The van der Waals surface area contributed by atoms with Gasteiger partial charge in [0.05, 0.1) is 5.56 Å². The Kier molecular flexibility index (Phi) is 3.88. The number of aromatic carboxylic acids is 1. The van der Waals surface area contributed by atoms with Crippen LogP contribution in [0.4, 0.5) is 0 Å². The van der Waals surface area contributed by atoms with Gasteiger partial charge in [-0.05, 0) is 37.0 Å². The number of carbonyl (C=O) groups excluding carboxylic acids is 1. The first kappa shape index (κ1) is 13.6. The minimum Gasteiger partial charge on any atom is -0.478 e. The highest BCUT2D eigenvalue weighted by Crippen LogP contribution is 2.40. The monoisotopic (exact) mass is 261 g/mol. The summed E-state index contributed by atoms with van der Waals surface area (Å²) in [7, 11) is 0. The molecule has 0 heterocycles. The van der Waals surface area contributed by atoms with Gasteiger partial charge in [0.25, 0.3) is 0 Å². The Hall–Kier alpha value is -1.84. The molecule has 4 nitrogen and oxygen atoms in total. The van der Waals surface area contributed by atoms with Gasteiger partial charge >= 0.3 is 5.97 Å². The fourth-order valence-corrected chi connectivity index (χ4v) is 2.28. The van der Waals surface area contributed by atoms with E-state index in [1.54, 1.807) is 24.3 Å². The molecule has 0 aliphatic heterocycles. The van der Waals surface area contributed by atoms with E-state index in [2.05, 4.69) is 5.32 Å². The summed E-state index contributed by atoms with van der Waals surface area (Å²) < 4.78 is 0. The van der Waals surface area contributed by atoms with Crippen molar-refractivity contribution in [3.05, 3.63) is 35.4 Å². The van der Waals surface area contributed by atoms with Crippen LogP contribution in [-0.2, 0) is 11.2 Å². The predicted octanol–water partition coefficient (Wildman–Crippen LogP) is 2.23. The molecule has 0 aromatic heterocycles. The maximum Gasteiger partial charge on any atom is 0.335 e. The van der Waals surface area contributed by atoms with E-state index < -0.39 is 5.97 Å². The Labute approximate surface area is 112 Å². The van der Waals surface area contributed by atoms with Gasteiger partial charge in [0, 0.05) is 12.0 Å². The highest BCUT2D eigenvalue weighted by atomic mass is 16.4. The molecule has 1 aliphatic rings. The van der Waals surface area contributed by atoms with Crippen molar-refractivity contribution in [1.29, 1.82) is 0 Å². The molecule has 0 saturated heterocycles. The van der Waals surface area contributed by atoms with Gasteiger partial charge in [0.1, 0.15) is 0 Å². The van der Waals surface area contributed by atoms with Crippen molar-refractivity contribution in [3.63, 3.8) is 0 Å². The summed E-state index contributed by atoms with van der Waals surface area (Å²) in [5.74, 6) is -0.779. The summed E-state index contributed by atoms with van der Waals surface area (Å²) in [5, 5.41) is 11.7. The molecule has 2 N–H and O–H groups in total. The number of carboxylic acids is 1. The number of carboxylic acid groups (broad SMARTS) is 1. The van der Waals surface area contributed by atoms with Crippen LogP contribution in [0.2, 0.25) is 0 Å². The Morgan fingerprint density at radius 1 is 1.26 bits per heavy atom. The maximum absolute atomic E-state index is 11.9. The van der Waals surface area contributed by atoms with Gasteiger partial charge < -0.3 is 10.4 Å². The van der Waals surface area contributed by atoms with E-state index in [0.717, 1.165) is 31.2 Å². The van der Waals surface area contributed by atoms with Crippen molar-refractivity contribution in [2.45, 2.75) is 32.6 Å². The van der Waals surface area contributed by atoms with Gasteiger partial charge in [0.15, 0.2) is 0 Å². The maximum atomic E-state index is 11.9. The molecule has 0 spiro atoms. The first-order valence-electron chi connectivity index (χ1n) is 6.62. The normalized spacial score (nSPS) is 16.5. The molecular formula is C15H19NO3. The zero-order chi connectivity index (χ0) is 13.9. The van der Waals surface area contributed by atoms with E-state index in [1.807, 2.05) is 6.92 Å². The lowest BCUT2D eigenvalue weighted by Crippen LogP contribution is -2.44. The van der Waals surface area contributed by atoms with E-state index in [1.165, 1.54) is 0 Å². The van der Waals surface area contributed by atoms with Gasteiger partial charge in [-0.1, -0.05) is 25.5 Å². The van der Waals surface area contributed by atoms with Gasteiger partial charge in [-0.2, -0.15) is 0 Å². The molecule has 0 atom stereocenters. The molecular weight excluding hydrogens is 242 g/mol. The van der Waals surface area contributed by atoms with Crippen molar-refractivity contribution in [2.75, 3.05) is 6.54 Å². The highest BCUT2D eigenvalue weighted by Gasteiger charge is 2.38. The number of carbonyl (C=O) groups is 2. The zero-order valence-corrected chi connectivity index (χ0v) is 11.1. The number of nitrogens with one attached hydrogen (secondary N) is 1. The van der Waals surface area contributed by atoms with Crippen LogP contribution in [0, 0.1) is 5.41 Å². The van der Waals surface area contributed by atoms with Gasteiger partial charge in [-0.15, -0.1) is 0 Å². The van der Waals surface area contributed by atoms with Gasteiger partial charge in [0.2, 0.25) is 5.91 Å². The first-order chi connectivity index (χ1) is 9.01. The van der Waals surface area contributed by atoms with Crippen molar-refractivity contribution in [1.82, 2.24) is 5.32 Å². The molecule has 19 heavy (non-hydrogen) atoms. The summed E-state index contributed by atoms with van der Waals surface area (Å²) in [6.45, 7) is 2.61. The topological polar surface area (TPSA) is 66.4 Å². The zero-order valence-electron chi connectivity index (χ0n) is 11.1. The number of hydrogen-bond acceptors (Lipinski definition) is 2. The lowest BCUT2D eigenvalue weighted by molar-refractivity contribution is -0.134. The van der Waals surface area contributed by atoms with Crippen LogP contribution >= 0.6 is 0 Å². The number of rotatable bonds is 5. The van der Waals surface area contributed by atoms with Gasteiger partial charge in [-0.3, -0.25) is 4.79 Å². The average Bonchev–Trinajstić information content (AvgIpc) is 2.36. The summed E-state index contributed by atoms with van der Waals surface area (Å²) in [4.78, 5) is 22.6. The Morgan fingerprint density at radius 3 is 2.37 bits per heavy atom. The third-order valence-corrected chi connectivity index (χ3v) is 3.91. The highest BCUT2D eigenvalue weighted by molar-refractivity contribution is 5.87. The van der Waals surface area contributed by atoms with E-state index in [9.17, 15) is 9.59 Å². The fraction of sp³-hybridized carbons (Fsp3) is 0.467. The molecule has 2 rings (SSSR count). The Balaban J connectivity index is 1.79. The molecule has 0 unspecified atom stereocenters. The van der Waals surface area contributed by atoms with Crippen molar-refractivity contribution >= 4 is 11.9 Å². The summed E-state index contributed by atoms with van der Waals surface area (Å²) >= 11 is 0. The van der Waals surface area contributed by atoms with E-state index in [4.69, 9.17) is 5.11 Å². The molecule has 1 aromatic rings. The van der Waals surface area contributed by atoms with E-state index in [0.29, 0.717) is 6.54 Å². The quantitative estimate of drug-likeness (QED) is 0.854. The third kappa shape index (κ3) is 3.13. The predicted molar refractivity (Wildman–Crippen MR) is 72.1 cm³/mol. The minimum absolute atomic E-state index is 0.140. The number of hydrogen-bond donors (Lipinski definition) is 2. The van der Waals surface area contributed by atoms with Crippen LogP contribution in [0.3, 0.4) is 0 Å². The molecule has 1 aliphatic carbocycles. The summed E-state index contributed by atoms with van der Waals surface area (Å²) in [5.41, 5.74) is 1.16. The van der Waals surface area contributed by atoms with Crippen LogP contribution in [0.15, 0.2) is 24.3 Å². The van der Waals surface area contributed by atoms with Crippen LogP contribution in [0.5, 0.6) is 0 Å². The first-order valence-corrected chi connectivity index (χ1v) is 6.62. The van der Waals surface area contributed by atoms with Crippen LogP contribution in [0.25, 0.3) is 0 Å². The minimum atomic E-state index is -0.919. The van der Waals surface area contributed by atoms with Crippen molar-refractivity contribution in [3.8, 4) is 0 Å². The molecule has 102 valence electrons. The summed E-state index contributed by atoms with van der Waals surface area (Å²) in [6.07, 6.45) is 3.82. The van der Waals surface area contributed by atoms with Gasteiger partial charge in [-0.25, -0.2) is 4.79 Å². The standard InChI is InChI=1S/C15H19NO3/c1-15(8-2-9-15)14(19)16-10-7-11-3-5-12(6-4-11)13(17)18/h3-6H,2,7-10H2,1H3,(H,16,19)(H,17,18). The average molecular weight is 261 g/mol. The lowest BCUT2D eigenvalue weighted by atomic mass is 9.70. The smallest absolute Gasteiger partial charge is 0.335 e. The molecule has 4 heteroatoms. The van der Waals surface area contributed by atoms with E-state index >= 15 is 0 Å². The largest absolute Gasteiger partial charge is 0.478 e. The molecule has 1 aromatic carbocycles. The van der Waals surface area contributed by atoms with Crippen LogP contribution < -0.4 is 5.32 Å². The SMILES string of the molecule is CC1(C(=O)NCCc2ccc(C(=O)O)cc2)CCC1. The van der Waals surface area contributed by atoms with Crippen LogP contribution in [-0.4, -0.2) is 23.5 Å².